The molecule has 1 unspecified atom stereocenters. The van der Waals surface area contributed by atoms with E-state index in [-0.39, 0.29) is 12.0 Å². The highest BCUT2D eigenvalue weighted by molar-refractivity contribution is 5.86. The maximum atomic E-state index is 12.1. The summed E-state index contributed by atoms with van der Waals surface area (Å²) in [4.78, 5) is 14.4. The Bertz CT molecular complexity index is 197. The largest absolute Gasteiger partial charge is 0.298 e. The van der Waals surface area contributed by atoms with Crippen LogP contribution in [0.25, 0.3) is 0 Å². The molecule has 2 heteroatoms. The van der Waals surface area contributed by atoms with Gasteiger partial charge in [0, 0.05) is 12.0 Å². The molecule has 0 fully saturated rings. The lowest BCUT2D eigenvalue weighted by Gasteiger charge is -2.36. The van der Waals surface area contributed by atoms with Crippen molar-refractivity contribution in [2.45, 2.75) is 60.5 Å². The van der Waals surface area contributed by atoms with E-state index in [1.54, 1.807) is 0 Å². The third kappa shape index (κ3) is 3.94. The Hall–Kier alpha value is -0.370. The van der Waals surface area contributed by atoms with Crippen LogP contribution in [0.3, 0.4) is 0 Å². The van der Waals surface area contributed by atoms with Crippen molar-refractivity contribution in [1.29, 1.82) is 0 Å². The molecular weight excluding hydrogens is 186 g/mol. The number of rotatable bonds is 6. The molecule has 90 valence electrons. The fraction of sp³-hybridized carbons (Fsp3) is 0.923. The molecule has 0 aliphatic rings. The maximum Gasteiger partial charge on any atom is 0.152 e. The maximum absolute atomic E-state index is 12.1. The SMILES string of the molecule is CCN(C(C)C)C(C(=O)C(C)C)C(C)C. The van der Waals surface area contributed by atoms with Gasteiger partial charge in [-0.15, -0.1) is 0 Å². The van der Waals surface area contributed by atoms with E-state index in [1.165, 1.54) is 0 Å². The van der Waals surface area contributed by atoms with E-state index in [2.05, 4.69) is 39.5 Å². The molecule has 0 aromatic carbocycles. The predicted molar refractivity (Wildman–Crippen MR) is 66.0 cm³/mol. The molecule has 0 aromatic rings. The Morgan fingerprint density at radius 3 is 1.73 bits per heavy atom. The predicted octanol–water partition coefficient (Wildman–Crippen LogP) is 2.97. The lowest BCUT2D eigenvalue weighted by molar-refractivity contribution is -0.129. The van der Waals surface area contributed by atoms with Gasteiger partial charge in [-0.2, -0.15) is 0 Å². The Labute approximate surface area is 95.0 Å². The van der Waals surface area contributed by atoms with Crippen LogP contribution < -0.4 is 0 Å². The number of nitrogens with zero attached hydrogens (tertiary/aromatic N) is 1. The van der Waals surface area contributed by atoms with Crippen LogP contribution in [0.15, 0.2) is 0 Å². The number of carbonyl (C=O) groups is 1. The van der Waals surface area contributed by atoms with Crippen LogP contribution in [-0.4, -0.2) is 29.3 Å². The Balaban J connectivity index is 4.86. The van der Waals surface area contributed by atoms with Gasteiger partial charge >= 0.3 is 0 Å². The third-order valence-electron chi connectivity index (χ3n) is 2.88. The van der Waals surface area contributed by atoms with Gasteiger partial charge in [-0.1, -0.05) is 34.6 Å². The molecule has 1 atom stereocenters. The minimum Gasteiger partial charge on any atom is -0.298 e. The van der Waals surface area contributed by atoms with Crippen molar-refractivity contribution in [1.82, 2.24) is 4.90 Å². The third-order valence-corrected chi connectivity index (χ3v) is 2.88. The molecular formula is C13H27NO. The van der Waals surface area contributed by atoms with Gasteiger partial charge in [-0.3, -0.25) is 9.69 Å². The van der Waals surface area contributed by atoms with Gasteiger partial charge in [0.25, 0.3) is 0 Å². The number of hydrogen-bond donors (Lipinski definition) is 0. The molecule has 0 rings (SSSR count). The first-order valence-corrected chi connectivity index (χ1v) is 6.12. The summed E-state index contributed by atoms with van der Waals surface area (Å²) >= 11 is 0. The minimum atomic E-state index is 0.0787. The number of ketones is 1. The fourth-order valence-electron chi connectivity index (χ4n) is 2.10. The molecule has 0 spiro atoms. The van der Waals surface area contributed by atoms with E-state index in [4.69, 9.17) is 0 Å². The van der Waals surface area contributed by atoms with E-state index < -0.39 is 0 Å². The van der Waals surface area contributed by atoms with Gasteiger partial charge in [0.1, 0.15) is 0 Å². The highest BCUT2D eigenvalue weighted by Gasteiger charge is 2.30. The molecule has 0 aromatic heterocycles. The molecule has 0 heterocycles. The van der Waals surface area contributed by atoms with Crippen LogP contribution in [0.4, 0.5) is 0 Å². The second-order valence-electron chi connectivity index (χ2n) is 5.17. The molecule has 0 saturated heterocycles. The summed E-state index contributed by atoms with van der Waals surface area (Å²) in [6.07, 6.45) is 0. The molecule has 0 radical (unpaired) electrons. The Morgan fingerprint density at radius 2 is 1.53 bits per heavy atom. The second kappa shape index (κ2) is 6.26. The highest BCUT2D eigenvalue weighted by atomic mass is 16.1. The van der Waals surface area contributed by atoms with Crippen molar-refractivity contribution >= 4 is 5.78 Å². The smallest absolute Gasteiger partial charge is 0.152 e. The van der Waals surface area contributed by atoms with Gasteiger partial charge in [0.15, 0.2) is 5.78 Å². The summed E-state index contributed by atoms with van der Waals surface area (Å²) in [5.41, 5.74) is 0. The van der Waals surface area contributed by atoms with E-state index in [9.17, 15) is 4.79 Å². The van der Waals surface area contributed by atoms with Crippen molar-refractivity contribution in [3.05, 3.63) is 0 Å². The van der Waals surface area contributed by atoms with Crippen molar-refractivity contribution in [3.63, 3.8) is 0 Å². The lowest BCUT2D eigenvalue weighted by atomic mass is 9.91. The van der Waals surface area contributed by atoms with Gasteiger partial charge in [0.05, 0.1) is 6.04 Å². The number of likely N-dealkylation sites (N-methyl/N-ethyl adjacent to an activating group) is 1. The van der Waals surface area contributed by atoms with Crippen LogP contribution in [0, 0.1) is 11.8 Å². The summed E-state index contributed by atoms with van der Waals surface area (Å²) in [7, 11) is 0. The lowest BCUT2D eigenvalue weighted by Crippen LogP contribution is -2.49. The molecule has 2 nitrogen and oxygen atoms in total. The zero-order valence-electron chi connectivity index (χ0n) is 11.4. The summed E-state index contributed by atoms with van der Waals surface area (Å²) in [5.74, 6) is 0.896. The van der Waals surface area contributed by atoms with Gasteiger partial charge in [-0.25, -0.2) is 0 Å². The molecule has 15 heavy (non-hydrogen) atoms. The van der Waals surface area contributed by atoms with Gasteiger partial charge in [-0.05, 0) is 26.3 Å². The van der Waals surface area contributed by atoms with Crippen LogP contribution in [-0.2, 0) is 4.79 Å². The second-order valence-corrected chi connectivity index (χ2v) is 5.17. The van der Waals surface area contributed by atoms with Crippen LogP contribution >= 0.6 is 0 Å². The first-order valence-electron chi connectivity index (χ1n) is 6.12. The van der Waals surface area contributed by atoms with E-state index in [0.717, 1.165) is 6.54 Å². The van der Waals surface area contributed by atoms with E-state index in [0.29, 0.717) is 17.7 Å². The van der Waals surface area contributed by atoms with Crippen LogP contribution in [0.2, 0.25) is 0 Å². The monoisotopic (exact) mass is 213 g/mol. The van der Waals surface area contributed by atoms with Crippen molar-refractivity contribution in [3.8, 4) is 0 Å². The Morgan fingerprint density at radius 1 is 1.07 bits per heavy atom. The molecule has 0 aliphatic carbocycles. The average Bonchev–Trinajstić information content (AvgIpc) is 2.11. The first-order chi connectivity index (χ1) is 6.82. The topological polar surface area (TPSA) is 20.3 Å². The van der Waals surface area contributed by atoms with Crippen molar-refractivity contribution in [2.24, 2.45) is 11.8 Å². The molecule has 0 aliphatic heterocycles. The van der Waals surface area contributed by atoms with E-state index >= 15 is 0 Å². The van der Waals surface area contributed by atoms with Crippen molar-refractivity contribution in [2.75, 3.05) is 6.54 Å². The Kier molecular flexibility index (Phi) is 6.11. The quantitative estimate of drug-likeness (QED) is 0.676. The summed E-state index contributed by atoms with van der Waals surface area (Å²) < 4.78 is 0. The number of Topliss-reactive ketones (excluding diaryl/α,β-unsaturated/α-hetero) is 1. The average molecular weight is 213 g/mol. The first kappa shape index (κ1) is 14.6. The molecule has 0 bridgehead atoms. The molecule has 0 saturated carbocycles. The van der Waals surface area contributed by atoms with Gasteiger partial charge in [0.2, 0.25) is 0 Å². The van der Waals surface area contributed by atoms with Crippen LogP contribution in [0.5, 0.6) is 0 Å². The highest BCUT2D eigenvalue weighted by Crippen LogP contribution is 2.18. The standard InChI is InChI=1S/C13H27NO/c1-8-14(11(6)7)12(9(2)3)13(15)10(4)5/h9-12H,8H2,1-7H3. The minimum absolute atomic E-state index is 0.0787. The fourth-order valence-corrected chi connectivity index (χ4v) is 2.10. The summed E-state index contributed by atoms with van der Waals surface area (Å²) in [6, 6.07) is 0.514. The normalized spacial score (nSPS) is 14.3. The number of hydrogen-bond acceptors (Lipinski definition) is 2. The molecule has 0 N–H and O–H groups in total. The summed E-state index contributed by atoms with van der Waals surface area (Å²) in [5, 5.41) is 0. The van der Waals surface area contributed by atoms with Crippen LogP contribution in [0.1, 0.15) is 48.5 Å². The zero-order valence-corrected chi connectivity index (χ0v) is 11.4. The number of carbonyl (C=O) groups excluding carboxylic acids is 1. The van der Waals surface area contributed by atoms with Crippen molar-refractivity contribution < 1.29 is 4.79 Å². The summed E-state index contributed by atoms with van der Waals surface area (Å²) in [6.45, 7) is 15.6. The zero-order chi connectivity index (χ0) is 12.2. The van der Waals surface area contributed by atoms with E-state index in [1.807, 2.05) is 13.8 Å². The van der Waals surface area contributed by atoms with Gasteiger partial charge < -0.3 is 0 Å². The molecule has 0 amide bonds.